The lowest BCUT2D eigenvalue weighted by Crippen LogP contribution is -2.29. The summed E-state index contributed by atoms with van der Waals surface area (Å²) in [6, 6.07) is 6.57. The molecule has 0 aromatic heterocycles. The van der Waals surface area contributed by atoms with Gasteiger partial charge in [0, 0.05) is 10.2 Å². The van der Waals surface area contributed by atoms with Crippen LogP contribution in [0.25, 0.3) is 0 Å². The molecule has 0 saturated heterocycles. The summed E-state index contributed by atoms with van der Waals surface area (Å²) in [5.41, 5.74) is 1.33. The largest absolute Gasteiger partial charge is 0.479 e. The van der Waals surface area contributed by atoms with Crippen LogP contribution in [0.3, 0.4) is 0 Å². The number of nitrogens with one attached hydrogen (secondary N) is 1. The molecule has 0 fully saturated rings. The van der Waals surface area contributed by atoms with Crippen molar-refractivity contribution in [2.45, 2.75) is 13.0 Å². The number of hydrogen-bond donors (Lipinski definition) is 2. The Labute approximate surface area is 96.9 Å². The topological polar surface area (TPSA) is 49.3 Å². The smallest absolute Gasteiger partial charge is 0.330 e. The SMILES string of the molecule is C=C(C)C(Nc1ccc(Br)cc1)C(=O)O. The summed E-state index contributed by atoms with van der Waals surface area (Å²) in [5, 5.41) is 11.8. The second-order valence-corrected chi connectivity index (χ2v) is 4.18. The predicted molar refractivity (Wildman–Crippen MR) is 64.0 cm³/mol. The fraction of sp³-hybridized carbons (Fsp3) is 0.182. The van der Waals surface area contributed by atoms with Crippen molar-refractivity contribution in [2.75, 3.05) is 5.32 Å². The van der Waals surface area contributed by atoms with Crippen molar-refractivity contribution in [1.82, 2.24) is 0 Å². The lowest BCUT2D eigenvalue weighted by Gasteiger charge is -2.15. The number of aliphatic carboxylic acids is 1. The molecule has 15 heavy (non-hydrogen) atoms. The number of halogens is 1. The van der Waals surface area contributed by atoms with Crippen LogP contribution in [0, 0.1) is 0 Å². The van der Waals surface area contributed by atoms with Crippen LogP contribution in [0.15, 0.2) is 40.9 Å². The van der Waals surface area contributed by atoms with Crippen molar-refractivity contribution >= 4 is 27.6 Å². The highest BCUT2D eigenvalue weighted by atomic mass is 79.9. The van der Waals surface area contributed by atoms with E-state index in [1.807, 2.05) is 24.3 Å². The summed E-state index contributed by atoms with van der Waals surface area (Å²) in [4.78, 5) is 10.9. The highest BCUT2D eigenvalue weighted by Crippen LogP contribution is 2.16. The van der Waals surface area contributed by atoms with Gasteiger partial charge >= 0.3 is 5.97 Å². The molecule has 3 nitrogen and oxygen atoms in total. The third-order valence-electron chi connectivity index (χ3n) is 1.89. The Balaban J connectivity index is 2.79. The van der Waals surface area contributed by atoms with Crippen LogP contribution in [-0.4, -0.2) is 17.1 Å². The molecule has 1 rings (SSSR count). The Kier molecular flexibility index (Phi) is 3.91. The normalized spacial score (nSPS) is 11.9. The average molecular weight is 270 g/mol. The molecule has 0 aliphatic carbocycles. The van der Waals surface area contributed by atoms with E-state index in [0.717, 1.165) is 10.2 Å². The molecule has 1 atom stereocenters. The molecule has 0 aliphatic heterocycles. The maximum absolute atomic E-state index is 10.9. The highest BCUT2D eigenvalue weighted by Gasteiger charge is 2.17. The zero-order valence-electron chi connectivity index (χ0n) is 8.33. The maximum Gasteiger partial charge on any atom is 0.330 e. The number of anilines is 1. The van der Waals surface area contributed by atoms with E-state index in [9.17, 15) is 4.79 Å². The van der Waals surface area contributed by atoms with Gasteiger partial charge in [0.05, 0.1) is 0 Å². The van der Waals surface area contributed by atoms with E-state index >= 15 is 0 Å². The summed E-state index contributed by atoms with van der Waals surface area (Å²) in [6.45, 7) is 5.32. The van der Waals surface area contributed by atoms with Gasteiger partial charge < -0.3 is 10.4 Å². The van der Waals surface area contributed by atoms with Crippen LogP contribution in [0.5, 0.6) is 0 Å². The molecule has 4 heteroatoms. The van der Waals surface area contributed by atoms with Gasteiger partial charge in [0.25, 0.3) is 0 Å². The second kappa shape index (κ2) is 4.98. The van der Waals surface area contributed by atoms with Crippen LogP contribution in [0.1, 0.15) is 6.92 Å². The predicted octanol–water partition coefficient (Wildman–Crippen LogP) is 2.89. The Morgan fingerprint density at radius 1 is 1.47 bits per heavy atom. The highest BCUT2D eigenvalue weighted by molar-refractivity contribution is 9.10. The van der Waals surface area contributed by atoms with E-state index in [1.54, 1.807) is 6.92 Å². The second-order valence-electron chi connectivity index (χ2n) is 3.27. The first kappa shape index (κ1) is 11.8. The Morgan fingerprint density at radius 3 is 2.40 bits per heavy atom. The molecule has 1 unspecified atom stereocenters. The van der Waals surface area contributed by atoms with Gasteiger partial charge in [-0.15, -0.1) is 0 Å². The van der Waals surface area contributed by atoms with Crippen LogP contribution in [0.4, 0.5) is 5.69 Å². The number of carboxylic acids is 1. The fourth-order valence-corrected chi connectivity index (χ4v) is 1.37. The molecule has 0 heterocycles. The Bertz CT molecular complexity index is 359. The molecule has 0 saturated carbocycles. The lowest BCUT2D eigenvalue weighted by atomic mass is 10.1. The molecular formula is C11H12BrNO2. The van der Waals surface area contributed by atoms with E-state index in [2.05, 4.69) is 27.8 Å². The third-order valence-corrected chi connectivity index (χ3v) is 2.42. The average Bonchev–Trinajstić information content (AvgIpc) is 2.15. The van der Waals surface area contributed by atoms with E-state index in [1.165, 1.54) is 0 Å². The van der Waals surface area contributed by atoms with Crippen LogP contribution >= 0.6 is 15.9 Å². The summed E-state index contributed by atoms with van der Waals surface area (Å²) in [5.74, 6) is -0.926. The minimum absolute atomic E-state index is 0.574. The van der Waals surface area contributed by atoms with Gasteiger partial charge in [0.15, 0.2) is 0 Å². The molecule has 0 aliphatic rings. The van der Waals surface area contributed by atoms with Gasteiger partial charge in [-0.1, -0.05) is 22.5 Å². The number of carboxylic acid groups (broad SMARTS) is 1. The molecule has 0 bridgehead atoms. The van der Waals surface area contributed by atoms with E-state index in [-0.39, 0.29) is 0 Å². The van der Waals surface area contributed by atoms with Gasteiger partial charge in [-0.3, -0.25) is 0 Å². The van der Waals surface area contributed by atoms with Gasteiger partial charge in [-0.2, -0.15) is 0 Å². The van der Waals surface area contributed by atoms with Crippen molar-refractivity contribution in [3.05, 3.63) is 40.9 Å². The van der Waals surface area contributed by atoms with Crippen molar-refractivity contribution in [3.63, 3.8) is 0 Å². The summed E-state index contributed by atoms with van der Waals surface area (Å²) in [7, 11) is 0. The zero-order chi connectivity index (χ0) is 11.4. The Morgan fingerprint density at radius 2 is 2.00 bits per heavy atom. The number of carbonyl (C=O) groups is 1. The molecule has 0 spiro atoms. The van der Waals surface area contributed by atoms with Gasteiger partial charge in [0.1, 0.15) is 6.04 Å². The van der Waals surface area contributed by atoms with E-state index in [4.69, 9.17) is 5.11 Å². The first-order valence-electron chi connectivity index (χ1n) is 4.41. The zero-order valence-corrected chi connectivity index (χ0v) is 9.91. The van der Waals surface area contributed by atoms with Gasteiger partial charge in [-0.05, 0) is 36.8 Å². The molecule has 80 valence electrons. The minimum atomic E-state index is -0.926. The van der Waals surface area contributed by atoms with Crippen molar-refractivity contribution in [1.29, 1.82) is 0 Å². The van der Waals surface area contributed by atoms with Crippen LogP contribution in [0.2, 0.25) is 0 Å². The van der Waals surface area contributed by atoms with E-state index < -0.39 is 12.0 Å². The Hall–Kier alpha value is -1.29. The number of rotatable bonds is 4. The number of benzene rings is 1. The maximum atomic E-state index is 10.9. The lowest BCUT2D eigenvalue weighted by molar-refractivity contribution is -0.137. The molecule has 0 radical (unpaired) electrons. The molecular weight excluding hydrogens is 258 g/mol. The standard InChI is InChI=1S/C11H12BrNO2/c1-7(2)10(11(14)15)13-9-5-3-8(12)4-6-9/h3-6,10,13H,1H2,2H3,(H,14,15). The van der Waals surface area contributed by atoms with Crippen molar-refractivity contribution < 1.29 is 9.90 Å². The summed E-state index contributed by atoms with van der Waals surface area (Å²) < 4.78 is 0.954. The van der Waals surface area contributed by atoms with Crippen molar-refractivity contribution in [3.8, 4) is 0 Å². The van der Waals surface area contributed by atoms with Crippen LogP contribution < -0.4 is 5.32 Å². The molecule has 0 amide bonds. The van der Waals surface area contributed by atoms with Gasteiger partial charge in [-0.25, -0.2) is 4.79 Å². The molecule has 1 aromatic rings. The first-order chi connectivity index (χ1) is 7.00. The van der Waals surface area contributed by atoms with Crippen LogP contribution in [-0.2, 0) is 4.79 Å². The summed E-state index contributed by atoms with van der Waals surface area (Å²) in [6.07, 6.45) is 0. The third kappa shape index (κ3) is 3.40. The number of hydrogen-bond acceptors (Lipinski definition) is 2. The fourth-order valence-electron chi connectivity index (χ4n) is 1.11. The first-order valence-corrected chi connectivity index (χ1v) is 5.20. The van der Waals surface area contributed by atoms with E-state index in [0.29, 0.717) is 5.57 Å². The molecule has 2 N–H and O–H groups in total. The quantitative estimate of drug-likeness (QED) is 0.827. The summed E-state index contributed by atoms with van der Waals surface area (Å²) >= 11 is 3.31. The van der Waals surface area contributed by atoms with Gasteiger partial charge in [0.2, 0.25) is 0 Å². The minimum Gasteiger partial charge on any atom is -0.479 e. The monoisotopic (exact) mass is 269 g/mol. The van der Waals surface area contributed by atoms with Crippen molar-refractivity contribution in [2.24, 2.45) is 0 Å². The molecule has 1 aromatic carbocycles.